The standard InChI is InChI=1S/C10H9BrN2O/c1-2-13-6-10(14)8-5-7(11)3-4-9(8)12-13/h3-6H,2H2,1H3. The van der Waals surface area contributed by atoms with Crippen LogP contribution in [0.25, 0.3) is 10.9 Å². The third-order valence-electron chi connectivity index (χ3n) is 2.05. The van der Waals surface area contributed by atoms with Gasteiger partial charge in [0.15, 0.2) is 12.7 Å². The second-order valence-corrected chi connectivity index (χ2v) is 3.93. The number of rotatable bonds is 1. The third-order valence-corrected chi connectivity index (χ3v) is 2.54. The number of hydrogen-bond donors (Lipinski definition) is 0. The number of benzene rings is 1. The Kier molecular flexibility index (Phi) is 2.37. The Morgan fingerprint density at radius 3 is 3.00 bits per heavy atom. The van der Waals surface area contributed by atoms with Gasteiger partial charge in [-0.25, -0.2) is 0 Å². The maximum atomic E-state index is 11.6. The van der Waals surface area contributed by atoms with Crippen LogP contribution in [0.1, 0.15) is 6.92 Å². The van der Waals surface area contributed by atoms with E-state index in [2.05, 4.69) is 21.0 Å². The van der Waals surface area contributed by atoms with Crippen molar-refractivity contribution in [1.29, 1.82) is 0 Å². The smallest absolute Gasteiger partial charge is 0.189 e. The minimum atomic E-state index is 0.0122. The molecule has 2 aromatic rings. The zero-order valence-electron chi connectivity index (χ0n) is 7.70. The van der Waals surface area contributed by atoms with Crippen LogP contribution in [-0.4, -0.2) is 5.10 Å². The summed E-state index contributed by atoms with van der Waals surface area (Å²) in [5.41, 5.74) is 0.738. The molecule has 1 heterocycles. The average molecular weight is 253 g/mol. The second kappa shape index (κ2) is 3.53. The third kappa shape index (κ3) is 1.57. The van der Waals surface area contributed by atoms with Gasteiger partial charge < -0.3 is 5.11 Å². The molecule has 0 saturated heterocycles. The van der Waals surface area contributed by atoms with Gasteiger partial charge in [-0.2, -0.15) is 0 Å². The molecule has 0 atom stereocenters. The maximum absolute atomic E-state index is 11.6. The molecule has 4 heteroatoms. The van der Waals surface area contributed by atoms with E-state index in [1.165, 1.54) is 6.20 Å². The first-order chi connectivity index (χ1) is 6.70. The van der Waals surface area contributed by atoms with E-state index < -0.39 is 0 Å². The highest BCUT2D eigenvalue weighted by molar-refractivity contribution is 9.10. The van der Waals surface area contributed by atoms with Gasteiger partial charge in [0.05, 0.1) is 0 Å². The normalized spacial score (nSPS) is 10.7. The molecule has 0 fully saturated rings. The number of aromatic nitrogens is 2. The summed E-state index contributed by atoms with van der Waals surface area (Å²) < 4.78 is 2.55. The van der Waals surface area contributed by atoms with Gasteiger partial charge in [0.2, 0.25) is 0 Å². The van der Waals surface area contributed by atoms with Crippen molar-refractivity contribution in [3.8, 4) is 5.75 Å². The maximum Gasteiger partial charge on any atom is 0.189 e. The molecule has 0 amide bonds. The zero-order chi connectivity index (χ0) is 10.1. The Morgan fingerprint density at radius 2 is 2.29 bits per heavy atom. The molecule has 0 N–H and O–H groups in total. The highest BCUT2D eigenvalue weighted by atomic mass is 79.9. The highest BCUT2D eigenvalue weighted by Gasteiger charge is 2.04. The van der Waals surface area contributed by atoms with Crippen molar-refractivity contribution in [2.45, 2.75) is 13.5 Å². The fourth-order valence-corrected chi connectivity index (χ4v) is 1.69. The molecule has 0 saturated carbocycles. The van der Waals surface area contributed by atoms with Crippen LogP contribution in [0.5, 0.6) is 5.75 Å². The van der Waals surface area contributed by atoms with Gasteiger partial charge >= 0.3 is 0 Å². The van der Waals surface area contributed by atoms with Gasteiger partial charge in [-0.05, 0) is 36.0 Å². The summed E-state index contributed by atoms with van der Waals surface area (Å²) in [7, 11) is 0. The van der Waals surface area contributed by atoms with Crippen LogP contribution in [0, 0.1) is 0 Å². The SMILES string of the molecule is CC[n+]1cc([O-])c2cc(Br)ccc2n1. The van der Waals surface area contributed by atoms with E-state index in [0.29, 0.717) is 11.9 Å². The largest absolute Gasteiger partial charge is 0.868 e. The molecule has 0 spiro atoms. The van der Waals surface area contributed by atoms with Crippen LogP contribution >= 0.6 is 15.9 Å². The lowest BCUT2D eigenvalue weighted by Crippen LogP contribution is -2.36. The molecule has 0 radical (unpaired) electrons. The van der Waals surface area contributed by atoms with Gasteiger partial charge in [-0.1, -0.05) is 20.6 Å². The van der Waals surface area contributed by atoms with Gasteiger partial charge in [0.1, 0.15) is 5.52 Å². The number of nitrogens with zero attached hydrogens (tertiary/aromatic N) is 2. The molecule has 0 unspecified atom stereocenters. The minimum Gasteiger partial charge on any atom is -0.868 e. The Balaban J connectivity index is 2.76. The molecule has 0 aliphatic rings. The molecular formula is C10H9BrN2O. The molecule has 14 heavy (non-hydrogen) atoms. The van der Waals surface area contributed by atoms with Crippen LogP contribution < -0.4 is 9.79 Å². The van der Waals surface area contributed by atoms with Crippen LogP contribution in [0.4, 0.5) is 0 Å². The first-order valence-electron chi connectivity index (χ1n) is 4.37. The Bertz CT molecular complexity index is 485. The second-order valence-electron chi connectivity index (χ2n) is 3.01. The molecule has 72 valence electrons. The number of fused-ring (bicyclic) bond motifs is 1. The van der Waals surface area contributed by atoms with Crippen molar-refractivity contribution in [1.82, 2.24) is 5.10 Å². The first-order valence-corrected chi connectivity index (χ1v) is 5.17. The highest BCUT2D eigenvalue weighted by Crippen LogP contribution is 2.22. The Labute approximate surface area is 90.1 Å². The van der Waals surface area contributed by atoms with Crippen molar-refractivity contribution in [2.75, 3.05) is 0 Å². The number of hydrogen-bond acceptors (Lipinski definition) is 2. The molecule has 0 bridgehead atoms. The summed E-state index contributed by atoms with van der Waals surface area (Å²) in [6, 6.07) is 5.52. The van der Waals surface area contributed by atoms with Crippen molar-refractivity contribution >= 4 is 26.8 Å². The fraction of sp³-hybridized carbons (Fsp3) is 0.200. The number of aryl methyl sites for hydroxylation is 1. The van der Waals surface area contributed by atoms with E-state index in [4.69, 9.17) is 0 Å². The van der Waals surface area contributed by atoms with E-state index in [9.17, 15) is 5.11 Å². The predicted octanol–water partition coefficient (Wildman–Crippen LogP) is 1.38. The summed E-state index contributed by atoms with van der Waals surface area (Å²) in [4.78, 5) is 0. The zero-order valence-corrected chi connectivity index (χ0v) is 9.28. The summed E-state index contributed by atoms with van der Waals surface area (Å²) in [6.45, 7) is 2.67. The van der Waals surface area contributed by atoms with Crippen LogP contribution in [-0.2, 0) is 6.54 Å². The topological polar surface area (TPSA) is 39.8 Å². The minimum absolute atomic E-state index is 0.0122. The van der Waals surface area contributed by atoms with Gasteiger partial charge in [-0.15, -0.1) is 0 Å². The summed E-state index contributed by atoms with van der Waals surface area (Å²) in [5, 5.41) is 16.6. The van der Waals surface area contributed by atoms with Gasteiger partial charge in [-0.3, -0.25) is 0 Å². The van der Waals surface area contributed by atoms with E-state index >= 15 is 0 Å². The average Bonchev–Trinajstić information content (AvgIpc) is 2.19. The monoisotopic (exact) mass is 252 g/mol. The van der Waals surface area contributed by atoms with Crippen molar-refractivity contribution in [3.63, 3.8) is 0 Å². The lowest BCUT2D eigenvalue weighted by atomic mass is 10.2. The fourth-order valence-electron chi connectivity index (χ4n) is 1.33. The molecule has 1 aromatic heterocycles. The molecule has 0 aliphatic carbocycles. The quantitative estimate of drug-likeness (QED) is 0.720. The molecular weight excluding hydrogens is 244 g/mol. The molecule has 1 aromatic carbocycles. The van der Waals surface area contributed by atoms with E-state index in [-0.39, 0.29) is 5.75 Å². The van der Waals surface area contributed by atoms with E-state index in [1.54, 1.807) is 10.7 Å². The predicted molar refractivity (Wildman–Crippen MR) is 54.8 cm³/mol. The van der Waals surface area contributed by atoms with Crippen molar-refractivity contribution in [2.24, 2.45) is 0 Å². The molecule has 2 rings (SSSR count). The van der Waals surface area contributed by atoms with E-state index in [0.717, 1.165) is 9.99 Å². The van der Waals surface area contributed by atoms with Crippen molar-refractivity contribution < 1.29 is 9.79 Å². The van der Waals surface area contributed by atoms with Crippen LogP contribution in [0.3, 0.4) is 0 Å². The summed E-state index contributed by atoms with van der Waals surface area (Å²) >= 11 is 3.33. The lowest BCUT2D eigenvalue weighted by Gasteiger charge is -2.06. The van der Waals surface area contributed by atoms with Crippen LogP contribution in [0.15, 0.2) is 28.9 Å². The Morgan fingerprint density at radius 1 is 1.50 bits per heavy atom. The molecule has 0 aliphatic heterocycles. The lowest BCUT2D eigenvalue weighted by molar-refractivity contribution is -0.750. The first kappa shape index (κ1) is 9.40. The summed E-state index contributed by atoms with van der Waals surface area (Å²) in [5.74, 6) is 0.0122. The van der Waals surface area contributed by atoms with Crippen molar-refractivity contribution in [3.05, 3.63) is 28.9 Å². The number of halogens is 1. The summed E-state index contributed by atoms with van der Waals surface area (Å²) in [6.07, 6.45) is 1.52. The molecule has 3 nitrogen and oxygen atoms in total. The Hall–Kier alpha value is -1.16. The van der Waals surface area contributed by atoms with Gasteiger partial charge in [0, 0.05) is 9.86 Å². The van der Waals surface area contributed by atoms with Crippen LogP contribution in [0.2, 0.25) is 0 Å². The van der Waals surface area contributed by atoms with Gasteiger partial charge in [0.25, 0.3) is 0 Å². The van der Waals surface area contributed by atoms with E-state index in [1.807, 2.05) is 19.1 Å².